The summed E-state index contributed by atoms with van der Waals surface area (Å²) in [5.41, 5.74) is 0.969. The summed E-state index contributed by atoms with van der Waals surface area (Å²) >= 11 is 0. The second-order valence-electron chi connectivity index (χ2n) is 9.57. The fraction of sp³-hybridized carbons (Fsp3) is 0.652. The Morgan fingerprint density at radius 1 is 1.03 bits per heavy atom. The minimum Gasteiger partial charge on any atom is -0.342 e. The van der Waals surface area contributed by atoms with Gasteiger partial charge in [-0.25, -0.2) is 13.1 Å². The van der Waals surface area contributed by atoms with Crippen LogP contribution < -0.4 is 4.72 Å². The Bertz CT molecular complexity index is 954. The maximum atomic E-state index is 12.8. The first kappa shape index (κ1) is 20.9. The molecule has 0 unspecified atom stereocenters. The van der Waals surface area contributed by atoms with E-state index in [0.29, 0.717) is 43.2 Å². The number of likely N-dealkylation sites (tertiary alicyclic amines) is 2. The lowest BCUT2D eigenvalue weighted by Gasteiger charge is -2.47. The predicted molar refractivity (Wildman–Crippen MR) is 116 cm³/mol. The molecule has 1 N–H and O–H groups in total. The van der Waals surface area contributed by atoms with Gasteiger partial charge in [0.2, 0.25) is 21.8 Å². The molecular formula is C23H31N3O4S. The van der Waals surface area contributed by atoms with Gasteiger partial charge in [0, 0.05) is 44.1 Å². The van der Waals surface area contributed by atoms with Gasteiger partial charge in [-0.2, -0.15) is 0 Å². The van der Waals surface area contributed by atoms with Crippen LogP contribution in [0.5, 0.6) is 0 Å². The minimum atomic E-state index is -3.44. The zero-order valence-corrected chi connectivity index (χ0v) is 18.6. The largest absolute Gasteiger partial charge is 0.342 e. The fourth-order valence-corrected chi connectivity index (χ4v) is 6.38. The van der Waals surface area contributed by atoms with Gasteiger partial charge in [-0.15, -0.1) is 0 Å². The molecule has 2 saturated heterocycles. The van der Waals surface area contributed by atoms with Crippen molar-refractivity contribution in [1.29, 1.82) is 0 Å². The van der Waals surface area contributed by atoms with Crippen LogP contribution in [-0.2, 0) is 26.0 Å². The molecule has 2 saturated carbocycles. The molecule has 31 heavy (non-hydrogen) atoms. The summed E-state index contributed by atoms with van der Waals surface area (Å²) in [6.07, 6.45) is 7.51. The van der Waals surface area contributed by atoms with Crippen molar-refractivity contribution in [3.05, 3.63) is 29.8 Å². The molecule has 5 rings (SSSR count). The molecule has 0 spiro atoms. The van der Waals surface area contributed by atoms with Crippen LogP contribution in [-0.4, -0.2) is 61.2 Å². The quantitative estimate of drug-likeness (QED) is 0.696. The van der Waals surface area contributed by atoms with E-state index in [4.69, 9.17) is 0 Å². The van der Waals surface area contributed by atoms with Crippen LogP contribution in [0.4, 0.5) is 0 Å². The molecule has 4 aliphatic rings. The van der Waals surface area contributed by atoms with Crippen LogP contribution >= 0.6 is 0 Å². The lowest BCUT2D eigenvalue weighted by atomic mass is 9.83. The highest BCUT2D eigenvalue weighted by Gasteiger charge is 2.45. The van der Waals surface area contributed by atoms with E-state index in [9.17, 15) is 18.0 Å². The third kappa shape index (κ3) is 4.65. The predicted octanol–water partition coefficient (Wildman–Crippen LogP) is 2.06. The Hall–Kier alpha value is -1.93. The van der Waals surface area contributed by atoms with Crippen LogP contribution in [0.1, 0.15) is 56.9 Å². The topological polar surface area (TPSA) is 86.8 Å². The first-order chi connectivity index (χ1) is 14.9. The molecule has 0 bridgehead atoms. The van der Waals surface area contributed by atoms with E-state index in [1.165, 1.54) is 0 Å². The van der Waals surface area contributed by atoms with E-state index in [2.05, 4.69) is 9.62 Å². The van der Waals surface area contributed by atoms with Gasteiger partial charge in [0.25, 0.3) is 0 Å². The second kappa shape index (κ2) is 8.20. The molecule has 0 aromatic heterocycles. The maximum absolute atomic E-state index is 12.8. The lowest BCUT2D eigenvalue weighted by molar-refractivity contribution is -0.144. The van der Waals surface area contributed by atoms with Crippen LogP contribution in [0.15, 0.2) is 29.2 Å². The molecule has 2 aliphatic carbocycles. The van der Waals surface area contributed by atoms with E-state index < -0.39 is 10.0 Å². The monoisotopic (exact) mass is 445 g/mol. The SMILES string of the molecule is O=C(CCc1ccc(S(=O)(=O)NC2CC2)cc1)N1CC[C@H]2[C@@H](CCC(=O)N2C2CC2)C1. The fourth-order valence-electron chi connectivity index (χ4n) is 5.08. The molecule has 168 valence electrons. The Kier molecular flexibility index (Phi) is 5.54. The van der Waals surface area contributed by atoms with Crippen LogP contribution in [0.3, 0.4) is 0 Å². The Balaban J connectivity index is 1.14. The minimum absolute atomic E-state index is 0.0880. The highest BCUT2D eigenvalue weighted by Crippen LogP contribution is 2.39. The number of rotatable bonds is 7. The molecule has 2 amide bonds. The summed E-state index contributed by atoms with van der Waals surface area (Å²) in [5, 5.41) is 0. The second-order valence-corrected chi connectivity index (χ2v) is 11.3. The molecule has 7 nitrogen and oxygen atoms in total. The smallest absolute Gasteiger partial charge is 0.240 e. The van der Waals surface area contributed by atoms with Gasteiger partial charge < -0.3 is 9.80 Å². The molecule has 0 radical (unpaired) electrons. The number of nitrogens with one attached hydrogen (secondary N) is 1. The Morgan fingerprint density at radius 3 is 2.45 bits per heavy atom. The third-order valence-corrected chi connectivity index (χ3v) is 8.66. The highest BCUT2D eigenvalue weighted by atomic mass is 32.2. The van der Waals surface area contributed by atoms with Crippen molar-refractivity contribution in [2.45, 2.75) is 80.8 Å². The average Bonchev–Trinajstić information content (AvgIpc) is 3.68. The molecule has 8 heteroatoms. The molecule has 2 aliphatic heterocycles. The van der Waals surface area contributed by atoms with Gasteiger partial charge in [-0.1, -0.05) is 12.1 Å². The number of sulfonamides is 1. The number of amides is 2. The van der Waals surface area contributed by atoms with Gasteiger partial charge >= 0.3 is 0 Å². The Labute approximate surface area is 184 Å². The number of piperidine rings is 2. The number of nitrogens with zero attached hydrogens (tertiary/aromatic N) is 2. The van der Waals surface area contributed by atoms with Crippen LogP contribution in [0.25, 0.3) is 0 Å². The van der Waals surface area contributed by atoms with E-state index in [0.717, 1.165) is 57.2 Å². The van der Waals surface area contributed by atoms with Gasteiger partial charge in [0.05, 0.1) is 4.90 Å². The molecule has 1 aromatic carbocycles. The zero-order chi connectivity index (χ0) is 21.6. The summed E-state index contributed by atoms with van der Waals surface area (Å²) in [5.74, 6) is 0.862. The van der Waals surface area contributed by atoms with Crippen LogP contribution in [0, 0.1) is 5.92 Å². The van der Waals surface area contributed by atoms with Gasteiger partial charge in [0.1, 0.15) is 0 Å². The van der Waals surface area contributed by atoms with Crippen molar-refractivity contribution in [3.8, 4) is 0 Å². The Morgan fingerprint density at radius 2 is 1.77 bits per heavy atom. The lowest BCUT2D eigenvalue weighted by Crippen LogP contribution is -2.57. The number of hydrogen-bond donors (Lipinski definition) is 1. The van der Waals surface area contributed by atoms with E-state index >= 15 is 0 Å². The number of fused-ring (bicyclic) bond motifs is 1. The molecular weight excluding hydrogens is 414 g/mol. The summed E-state index contributed by atoms with van der Waals surface area (Å²) in [7, 11) is -3.44. The number of carbonyl (C=O) groups is 2. The average molecular weight is 446 g/mol. The molecule has 2 heterocycles. The standard InChI is InChI=1S/C23H31N3O4S/c27-22(11-3-16-1-9-20(10-2-16)31(29,30)24-18-5-6-18)25-14-13-21-17(15-25)4-12-23(28)26(21)19-7-8-19/h1-2,9-10,17-19,21,24H,3-8,11-15H2/t17-,21-/m0/s1. The molecule has 4 fully saturated rings. The number of aryl methyl sites for hydroxylation is 1. The number of hydrogen-bond acceptors (Lipinski definition) is 4. The highest BCUT2D eigenvalue weighted by molar-refractivity contribution is 7.89. The van der Waals surface area contributed by atoms with E-state index in [1.807, 2.05) is 4.90 Å². The first-order valence-corrected chi connectivity index (χ1v) is 13.1. The first-order valence-electron chi connectivity index (χ1n) is 11.6. The van der Waals surface area contributed by atoms with Crippen molar-refractivity contribution in [1.82, 2.24) is 14.5 Å². The summed E-state index contributed by atoms with van der Waals surface area (Å²) < 4.78 is 27.2. The van der Waals surface area contributed by atoms with Crippen molar-refractivity contribution >= 4 is 21.8 Å². The van der Waals surface area contributed by atoms with Crippen molar-refractivity contribution in [3.63, 3.8) is 0 Å². The maximum Gasteiger partial charge on any atom is 0.240 e. The summed E-state index contributed by atoms with van der Waals surface area (Å²) in [6, 6.07) is 7.72. The third-order valence-electron chi connectivity index (χ3n) is 7.12. The normalized spacial score (nSPS) is 26.6. The van der Waals surface area contributed by atoms with Crippen molar-refractivity contribution in [2.24, 2.45) is 5.92 Å². The molecule has 2 atom stereocenters. The van der Waals surface area contributed by atoms with E-state index in [1.54, 1.807) is 24.3 Å². The van der Waals surface area contributed by atoms with Gasteiger partial charge in [-0.05, 0) is 68.6 Å². The number of benzene rings is 1. The zero-order valence-electron chi connectivity index (χ0n) is 17.8. The summed E-state index contributed by atoms with van der Waals surface area (Å²) in [6.45, 7) is 1.48. The van der Waals surface area contributed by atoms with Crippen molar-refractivity contribution < 1.29 is 18.0 Å². The van der Waals surface area contributed by atoms with E-state index in [-0.39, 0.29) is 16.8 Å². The van der Waals surface area contributed by atoms with Gasteiger partial charge in [0.15, 0.2) is 0 Å². The van der Waals surface area contributed by atoms with Crippen LogP contribution in [0.2, 0.25) is 0 Å². The van der Waals surface area contributed by atoms with Crippen molar-refractivity contribution in [2.75, 3.05) is 13.1 Å². The summed E-state index contributed by atoms with van der Waals surface area (Å²) in [4.78, 5) is 29.6. The molecule has 1 aromatic rings. The number of carbonyl (C=O) groups excluding carboxylic acids is 2. The van der Waals surface area contributed by atoms with Gasteiger partial charge in [-0.3, -0.25) is 9.59 Å².